The van der Waals surface area contributed by atoms with E-state index in [4.69, 9.17) is 32.7 Å². The first-order valence-corrected chi connectivity index (χ1v) is 8.08. The van der Waals surface area contributed by atoms with Crippen LogP contribution in [0.25, 0.3) is 0 Å². The molecule has 0 saturated carbocycles. The molecule has 0 atom stereocenters. The maximum atomic E-state index is 10.6. The number of halogens is 2. The molecule has 126 valence electrons. The first kappa shape index (κ1) is 18.3. The summed E-state index contributed by atoms with van der Waals surface area (Å²) in [5.74, 6) is 1.23. The number of hydrogen-bond donors (Lipinski definition) is 0. The van der Waals surface area contributed by atoms with Crippen molar-refractivity contribution >= 4 is 33.7 Å². The topological polar surface area (TPSA) is 52.6 Å². The van der Waals surface area contributed by atoms with Crippen molar-refractivity contribution in [3.05, 3.63) is 59.7 Å². The van der Waals surface area contributed by atoms with Crippen LogP contribution in [0.1, 0.15) is 11.1 Å². The fraction of sp³-hybridized carbons (Fsp3) is 0.222. The zero-order valence-electron chi connectivity index (χ0n) is 12.8. The van der Waals surface area contributed by atoms with Gasteiger partial charge in [-0.3, -0.25) is 9.59 Å². The van der Waals surface area contributed by atoms with Gasteiger partial charge in [0.05, 0.1) is 0 Å². The quantitative estimate of drug-likeness (QED) is 0.634. The van der Waals surface area contributed by atoms with Crippen molar-refractivity contribution in [1.29, 1.82) is 0 Å². The van der Waals surface area contributed by atoms with E-state index in [-0.39, 0.29) is 13.2 Å². The van der Waals surface area contributed by atoms with E-state index >= 15 is 0 Å². The molecule has 0 aliphatic carbocycles. The summed E-state index contributed by atoms with van der Waals surface area (Å²) in [6.45, 7) is -0.269. The van der Waals surface area contributed by atoms with Gasteiger partial charge in [-0.15, -0.1) is 0 Å². The van der Waals surface area contributed by atoms with Gasteiger partial charge >= 0.3 is 0 Å². The Hall–Kier alpha value is -2.04. The Balaban J connectivity index is 1.82. The zero-order valence-corrected chi connectivity index (χ0v) is 14.3. The van der Waals surface area contributed by atoms with E-state index < -0.39 is 10.5 Å². The molecule has 0 bridgehead atoms. The average molecular weight is 367 g/mol. The van der Waals surface area contributed by atoms with Crippen molar-refractivity contribution in [3.63, 3.8) is 0 Å². The molecule has 0 heterocycles. The van der Waals surface area contributed by atoms with Gasteiger partial charge in [0.15, 0.2) is 13.2 Å². The van der Waals surface area contributed by atoms with Gasteiger partial charge in [0, 0.05) is 0 Å². The number of rotatable bonds is 9. The fourth-order valence-corrected chi connectivity index (χ4v) is 2.18. The zero-order chi connectivity index (χ0) is 17.4. The Kier molecular flexibility index (Phi) is 7.09. The SMILES string of the molecule is O=C(Cl)COc1ccc(CCc2ccc(OCC(=O)Cl)cc2)cc1. The van der Waals surface area contributed by atoms with E-state index in [9.17, 15) is 9.59 Å². The fourth-order valence-electron chi connectivity index (χ4n) is 2.07. The van der Waals surface area contributed by atoms with Crippen LogP contribution in [0, 0.1) is 0 Å². The Morgan fingerprint density at radius 3 is 1.29 bits per heavy atom. The van der Waals surface area contributed by atoms with Crippen LogP contribution >= 0.6 is 23.2 Å². The smallest absolute Gasteiger partial charge is 0.259 e. The molecule has 4 nitrogen and oxygen atoms in total. The molecule has 0 unspecified atom stereocenters. The summed E-state index contributed by atoms with van der Waals surface area (Å²) in [7, 11) is 0. The lowest BCUT2D eigenvalue weighted by molar-refractivity contribution is -0.114. The van der Waals surface area contributed by atoms with Gasteiger partial charge in [-0.1, -0.05) is 24.3 Å². The van der Waals surface area contributed by atoms with Crippen molar-refractivity contribution in [2.75, 3.05) is 13.2 Å². The van der Waals surface area contributed by atoms with Crippen LogP contribution < -0.4 is 9.47 Å². The van der Waals surface area contributed by atoms with E-state index in [0.29, 0.717) is 11.5 Å². The molecule has 0 radical (unpaired) electrons. The average Bonchev–Trinajstić information content (AvgIpc) is 2.58. The summed E-state index contributed by atoms with van der Waals surface area (Å²) in [5.41, 5.74) is 2.32. The number of ether oxygens (including phenoxy) is 2. The van der Waals surface area contributed by atoms with Crippen LogP contribution in [-0.4, -0.2) is 23.7 Å². The lowest BCUT2D eigenvalue weighted by Crippen LogP contribution is -2.04. The van der Waals surface area contributed by atoms with Crippen LogP contribution in [0.4, 0.5) is 0 Å². The second-order valence-electron chi connectivity index (χ2n) is 5.08. The van der Waals surface area contributed by atoms with Crippen molar-refractivity contribution in [3.8, 4) is 11.5 Å². The van der Waals surface area contributed by atoms with E-state index in [1.807, 2.05) is 48.5 Å². The summed E-state index contributed by atoms with van der Waals surface area (Å²) in [6, 6.07) is 15.1. The molecule has 6 heteroatoms. The second kappa shape index (κ2) is 9.30. The highest BCUT2D eigenvalue weighted by Gasteiger charge is 2.02. The number of carbonyl (C=O) groups excluding carboxylic acids is 2. The third kappa shape index (κ3) is 6.60. The predicted molar refractivity (Wildman–Crippen MR) is 93.0 cm³/mol. The summed E-state index contributed by atoms with van der Waals surface area (Å²) < 4.78 is 10.4. The molecular formula is C18H16Cl2O4. The molecule has 0 aromatic heterocycles. The molecule has 0 fully saturated rings. The highest BCUT2D eigenvalue weighted by molar-refractivity contribution is 6.64. The largest absolute Gasteiger partial charge is 0.484 e. The van der Waals surface area contributed by atoms with Crippen LogP contribution in [0.3, 0.4) is 0 Å². The minimum Gasteiger partial charge on any atom is -0.484 e. The minimum absolute atomic E-state index is 0.134. The lowest BCUT2D eigenvalue weighted by Gasteiger charge is -2.07. The molecule has 0 spiro atoms. The molecule has 0 saturated heterocycles. The van der Waals surface area contributed by atoms with Gasteiger partial charge in [0.1, 0.15) is 11.5 Å². The lowest BCUT2D eigenvalue weighted by atomic mass is 10.0. The van der Waals surface area contributed by atoms with Gasteiger partial charge in [0.25, 0.3) is 10.5 Å². The van der Waals surface area contributed by atoms with Crippen LogP contribution in [-0.2, 0) is 22.4 Å². The van der Waals surface area contributed by atoms with E-state index in [2.05, 4.69) is 0 Å². The molecular weight excluding hydrogens is 351 g/mol. The summed E-state index contributed by atoms with van der Waals surface area (Å²) >= 11 is 10.5. The highest BCUT2D eigenvalue weighted by Crippen LogP contribution is 2.16. The van der Waals surface area contributed by atoms with E-state index in [1.54, 1.807) is 0 Å². The Morgan fingerprint density at radius 2 is 1.00 bits per heavy atom. The highest BCUT2D eigenvalue weighted by atomic mass is 35.5. The predicted octanol–water partition coefficient (Wildman–Crippen LogP) is 3.76. The second-order valence-corrected chi connectivity index (χ2v) is 5.92. The number of hydrogen-bond acceptors (Lipinski definition) is 4. The molecule has 0 N–H and O–H groups in total. The summed E-state index contributed by atoms with van der Waals surface area (Å²) in [5, 5.41) is -1.05. The van der Waals surface area contributed by atoms with Gasteiger partial charge < -0.3 is 9.47 Å². The molecule has 0 aliphatic rings. The van der Waals surface area contributed by atoms with E-state index in [0.717, 1.165) is 24.0 Å². The Labute approximate surface area is 150 Å². The van der Waals surface area contributed by atoms with Crippen molar-refractivity contribution in [2.45, 2.75) is 12.8 Å². The van der Waals surface area contributed by atoms with Gasteiger partial charge in [-0.25, -0.2) is 0 Å². The maximum Gasteiger partial charge on any atom is 0.259 e. The number of carbonyl (C=O) groups is 2. The third-order valence-electron chi connectivity index (χ3n) is 3.25. The van der Waals surface area contributed by atoms with Crippen molar-refractivity contribution in [2.24, 2.45) is 0 Å². The van der Waals surface area contributed by atoms with Crippen LogP contribution in [0.2, 0.25) is 0 Å². The number of benzene rings is 2. The van der Waals surface area contributed by atoms with E-state index in [1.165, 1.54) is 0 Å². The Bertz CT molecular complexity index is 620. The van der Waals surface area contributed by atoms with Crippen LogP contribution in [0.5, 0.6) is 11.5 Å². The molecule has 0 amide bonds. The molecule has 2 aromatic rings. The maximum absolute atomic E-state index is 10.6. The molecule has 2 aromatic carbocycles. The van der Waals surface area contributed by atoms with Crippen molar-refractivity contribution in [1.82, 2.24) is 0 Å². The summed E-state index contributed by atoms with van der Waals surface area (Å²) in [4.78, 5) is 21.3. The Morgan fingerprint density at radius 1 is 0.667 bits per heavy atom. The molecule has 0 aliphatic heterocycles. The van der Waals surface area contributed by atoms with Crippen molar-refractivity contribution < 1.29 is 19.1 Å². The first-order chi connectivity index (χ1) is 11.5. The van der Waals surface area contributed by atoms with Gasteiger partial charge in [-0.05, 0) is 71.4 Å². The molecule has 2 rings (SSSR count). The third-order valence-corrected chi connectivity index (χ3v) is 3.47. The van der Waals surface area contributed by atoms with Gasteiger partial charge in [-0.2, -0.15) is 0 Å². The minimum atomic E-state index is -0.526. The number of aryl methyl sites for hydroxylation is 2. The standard InChI is InChI=1S/C18H16Cl2O4/c19-17(21)11-23-15-7-3-13(4-8-15)1-2-14-5-9-16(10-6-14)24-12-18(20)22/h3-10H,1-2,11-12H2. The molecule has 24 heavy (non-hydrogen) atoms. The van der Waals surface area contributed by atoms with Gasteiger partial charge in [0.2, 0.25) is 0 Å². The first-order valence-electron chi connectivity index (χ1n) is 7.33. The summed E-state index contributed by atoms with van der Waals surface area (Å²) in [6.07, 6.45) is 1.74. The normalized spacial score (nSPS) is 10.2. The van der Waals surface area contributed by atoms with Crippen LogP contribution in [0.15, 0.2) is 48.5 Å². The monoisotopic (exact) mass is 366 g/mol.